The van der Waals surface area contributed by atoms with Gasteiger partial charge in [0.2, 0.25) is 5.91 Å². The van der Waals surface area contributed by atoms with Gasteiger partial charge in [-0.1, -0.05) is 67.2 Å². The van der Waals surface area contributed by atoms with Gasteiger partial charge in [0, 0.05) is 24.5 Å². The number of aromatic amines is 1. The van der Waals surface area contributed by atoms with E-state index in [1.54, 1.807) is 13.2 Å². The van der Waals surface area contributed by atoms with Crippen LogP contribution in [-0.4, -0.2) is 26.2 Å². The van der Waals surface area contributed by atoms with Gasteiger partial charge in [-0.25, -0.2) is 4.98 Å². The number of thioether (sulfide) groups is 1. The number of hydrogen-bond acceptors (Lipinski definition) is 4. The van der Waals surface area contributed by atoms with Crippen molar-refractivity contribution in [2.24, 2.45) is 7.05 Å². The van der Waals surface area contributed by atoms with Gasteiger partial charge in [-0.3, -0.25) is 14.2 Å². The number of hydrogen-bond donors (Lipinski definition) is 2. The number of carbonyl (C=O) groups is 1. The largest absolute Gasteiger partial charge is 0.355 e. The Labute approximate surface area is 178 Å². The molecule has 0 unspecified atom stereocenters. The second kappa shape index (κ2) is 8.59. The van der Waals surface area contributed by atoms with E-state index >= 15 is 0 Å². The van der Waals surface area contributed by atoms with Crippen molar-refractivity contribution in [2.45, 2.75) is 18.5 Å². The summed E-state index contributed by atoms with van der Waals surface area (Å²) in [4.78, 5) is 33.0. The van der Waals surface area contributed by atoms with Gasteiger partial charge >= 0.3 is 0 Å². The molecule has 30 heavy (non-hydrogen) atoms. The maximum atomic E-state index is 12.8. The number of rotatable bonds is 6. The minimum Gasteiger partial charge on any atom is -0.355 e. The van der Waals surface area contributed by atoms with Crippen LogP contribution in [0, 0.1) is 0 Å². The number of para-hydroxylation sites is 1. The van der Waals surface area contributed by atoms with Crippen LogP contribution in [0.1, 0.15) is 12.5 Å². The Balaban J connectivity index is 1.59. The lowest BCUT2D eigenvalue weighted by Crippen LogP contribution is -2.21. The van der Waals surface area contributed by atoms with E-state index in [1.165, 1.54) is 16.3 Å². The van der Waals surface area contributed by atoms with Crippen molar-refractivity contribution in [3.8, 4) is 11.1 Å². The fourth-order valence-electron chi connectivity index (χ4n) is 3.35. The van der Waals surface area contributed by atoms with Gasteiger partial charge in [-0.15, -0.1) is 0 Å². The number of aromatic nitrogens is 3. The second-order valence-corrected chi connectivity index (χ2v) is 7.84. The van der Waals surface area contributed by atoms with E-state index < -0.39 is 0 Å². The number of aryl methyl sites for hydroxylation is 1. The van der Waals surface area contributed by atoms with E-state index in [4.69, 9.17) is 4.98 Å². The number of benzene rings is 2. The molecule has 0 saturated heterocycles. The zero-order valence-electron chi connectivity index (χ0n) is 16.8. The molecule has 0 aliphatic heterocycles. The first-order chi connectivity index (χ1) is 14.6. The molecule has 4 aromatic rings. The fourth-order valence-corrected chi connectivity index (χ4v) is 4.12. The average Bonchev–Trinajstić information content (AvgIpc) is 3.20. The van der Waals surface area contributed by atoms with E-state index in [2.05, 4.69) is 17.2 Å². The lowest BCUT2D eigenvalue weighted by Gasteiger charge is -2.10. The number of anilines is 1. The lowest BCUT2D eigenvalue weighted by atomic mass is 10.1. The molecule has 0 fully saturated rings. The summed E-state index contributed by atoms with van der Waals surface area (Å²) >= 11 is 1.25. The summed E-state index contributed by atoms with van der Waals surface area (Å²) in [6.45, 7) is 2.05. The van der Waals surface area contributed by atoms with Crippen LogP contribution in [0.25, 0.3) is 22.2 Å². The van der Waals surface area contributed by atoms with Crippen LogP contribution in [0.5, 0.6) is 0 Å². The number of nitrogens with one attached hydrogen (secondary N) is 2. The SMILES string of the molecule is CCc1ccccc1NC(=O)CSc1nc2c(-c3ccccc3)c[nH]c2c(=O)n1C. The molecule has 4 rings (SSSR count). The Morgan fingerprint density at radius 3 is 2.63 bits per heavy atom. The molecule has 0 bridgehead atoms. The van der Waals surface area contributed by atoms with Crippen LogP contribution in [0.2, 0.25) is 0 Å². The molecule has 0 saturated carbocycles. The Bertz CT molecular complexity index is 1260. The summed E-state index contributed by atoms with van der Waals surface area (Å²) in [7, 11) is 1.67. The van der Waals surface area contributed by atoms with Crippen molar-refractivity contribution in [1.82, 2.24) is 14.5 Å². The Morgan fingerprint density at radius 2 is 1.87 bits per heavy atom. The predicted molar refractivity (Wildman–Crippen MR) is 122 cm³/mol. The van der Waals surface area contributed by atoms with Crippen molar-refractivity contribution < 1.29 is 4.79 Å². The topological polar surface area (TPSA) is 79.8 Å². The summed E-state index contributed by atoms with van der Waals surface area (Å²) in [5.74, 6) is 0.0298. The third-order valence-electron chi connectivity index (χ3n) is 4.96. The molecule has 0 radical (unpaired) electrons. The molecule has 1 amide bonds. The van der Waals surface area contributed by atoms with Crippen molar-refractivity contribution >= 4 is 34.4 Å². The highest BCUT2D eigenvalue weighted by molar-refractivity contribution is 7.99. The number of H-pyrrole nitrogens is 1. The van der Waals surface area contributed by atoms with Crippen molar-refractivity contribution in [3.63, 3.8) is 0 Å². The summed E-state index contributed by atoms with van der Waals surface area (Å²) < 4.78 is 1.48. The van der Waals surface area contributed by atoms with Crippen LogP contribution in [0.15, 0.2) is 70.7 Å². The molecule has 7 heteroatoms. The zero-order valence-corrected chi connectivity index (χ0v) is 17.6. The Hall–Kier alpha value is -3.32. The minimum absolute atomic E-state index is 0.132. The molecule has 2 aromatic carbocycles. The minimum atomic E-state index is -0.165. The lowest BCUT2D eigenvalue weighted by molar-refractivity contribution is -0.113. The quantitative estimate of drug-likeness (QED) is 0.363. The third-order valence-corrected chi connectivity index (χ3v) is 5.99. The highest BCUT2D eigenvalue weighted by atomic mass is 32.2. The van der Waals surface area contributed by atoms with Crippen LogP contribution in [0.4, 0.5) is 5.69 Å². The monoisotopic (exact) mass is 418 g/mol. The zero-order chi connectivity index (χ0) is 21.1. The molecular weight excluding hydrogens is 396 g/mol. The first kappa shape index (κ1) is 20.0. The Morgan fingerprint density at radius 1 is 1.13 bits per heavy atom. The summed E-state index contributed by atoms with van der Waals surface area (Å²) in [5, 5.41) is 3.46. The average molecular weight is 419 g/mol. The maximum absolute atomic E-state index is 12.8. The van der Waals surface area contributed by atoms with Crippen molar-refractivity contribution in [2.75, 3.05) is 11.1 Å². The molecule has 0 spiro atoms. The van der Waals surface area contributed by atoms with Gasteiger partial charge in [-0.2, -0.15) is 0 Å². The van der Waals surface area contributed by atoms with Gasteiger partial charge in [0.05, 0.1) is 5.75 Å². The first-order valence-electron chi connectivity index (χ1n) is 9.72. The van der Waals surface area contributed by atoms with Gasteiger partial charge in [0.25, 0.3) is 5.56 Å². The molecule has 152 valence electrons. The third kappa shape index (κ3) is 3.89. The van der Waals surface area contributed by atoms with Crippen molar-refractivity contribution in [3.05, 3.63) is 76.7 Å². The number of amides is 1. The number of fused-ring (bicyclic) bond motifs is 1. The molecule has 2 aromatic heterocycles. The van der Waals surface area contributed by atoms with Gasteiger partial charge in [0.1, 0.15) is 11.0 Å². The summed E-state index contributed by atoms with van der Waals surface area (Å²) in [6.07, 6.45) is 2.64. The van der Waals surface area contributed by atoms with Crippen molar-refractivity contribution in [1.29, 1.82) is 0 Å². The van der Waals surface area contributed by atoms with E-state index in [0.717, 1.165) is 28.8 Å². The van der Waals surface area contributed by atoms with Crippen LogP contribution >= 0.6 is 11.8 Å². The molecule has 0 aliphatic carbocycles. The van der Waals surface area contributed by atoms with Gasteiger partial charge in [-0.05, 0) is 23.6 Å². The van der Waals surface area contributed by atoms with Gasteiger partial charge in [0.15, 0.2) is 5.16 Å². The van der Waals surface area contributed by atoms with E-state index in [9.17, 15) is 9.59 Å². The highest BCUT2D eigenvalue weighted by Crippen LogP contribution is 2.27. The molecular formula is C23H22N4O2S. The van der Waals surface area contributed by atoms with E-state index in [1.807, 2.05) is 54.6 Å². The first-order valence-corrected chi connectivity index (χ1v) is 10.7. The van der Waals surface area contributed by atoms with Crippen LogP contribution in [0.3, 0.4) is 0 Å². The molecule has 2 heterocycles. The number of carbonyl (C=O) groups excluding carboxylic acids is 1. The molecule has 0 atom stereocenters. The van der Waals surface area contributed by atoms with Crippen LogP contribution < -0.4 is 10.9 Å². The second-order valence-electron chi connectivity index (χ2n) is 6.90. The smallest absolute Gasteiger partial charge is 0.278 e. The van der Waals surface area contributed by atoms with Gasteiger partial charge < -0.3 is 10.3 Å². The van der Waals surface area contributed by atoms with Crippen LogP contribution in [-0.2, 0) is 18.3 Å². The molecule has 2 N–H and O–H groups in total. The van der Waals surface area contributed by atoms with E-state index in [0.29, 0.717) is 16.2 Å². The molecule has 6 nitrogen and oxygen atoms in total. The normalized spacial score (nSPS) is 11.0. The summed E-state index contributed by atoms with van der Waals surface area (Å²) in [5.41, 5.74) is 4.66. The Kier molecular flexibility index (Phi) is 5.72. The number of nitrogens with zero attached hydrogens (tertiary/aromatic N) is 2. The fraction of sp³-hybridized carbons (Fsp3) is 0.174. The molecule has 0 aliphatic rings. The standard InChI is InChI=1S/C23H22N4O2S/c1-3-15-9-7-8-12-18(15)25-19(28)14-30-23-26-20-17(16-10-5-4-6-11-16)13-24-21(20)22(29)27(23)2/h4-13,24H,3,14H2,1-2H3,(H,25,28). The highest BCUT2D eigenvalue weighted by Gasteiger charge is 2.16. The van der Waals surface area contributed by atoms with E-state index in [-0.39, 0.29) is 17.2 Å². The summed E-state index contributed by atoms with van der Waals surface area (Å²) in [6, 6.07) is 17.6. The predicted octanol–water partition coefficient (Wildman–Crippen LogP) is 4.22. The maximum Gasteiger partial charge on any atom is 0.278 e.